The molecule has 0 bridgehead atoms. The number of H-pyrrole nitrogens is 1. The maximum atomic E-state index is 12.0. The summed E-state index contributed by atoms with van der Waals surface area (Å²) < 4.78 is 1.66. The fourth-order valence-electron chi connectivity index (χ4n) is 2.08. The van der Waals surface area contributed by atoms with Crippen LogP contribution < -0.4 is 5.69 Å². The van der Waals surface area contributed by atoms with Gasteiger partial charge in [0.2, 0.25) is 0 Å². The van der Waals surface area contributed by atoms with Crippen LogP contribution in [0.3, 0.4) is 0 Å². The lowest BCUT2D eigenvalue weighted by Gasteiger charge is -2.06. The Morgan fingerprint density at radius 2 is 1.89 bits per heavy atom. The van der Waals surface area contributed by atoms with Crippen LogP contribution in [0.4, 0.5) is 0 Å². The van der Waals surface area contributed by atoms with Gasteiger partial charge in [-0.2, -0.15) is 0 Å². The third-order valence-corrected chi connectivity index (χ3v) is 3.61. The van der Waals surface area contributed by atoms with Crippen LogP contribution in [-0.4, -0.2) is 9.55 Å². The molecule has 0 atom stereocenters. The molecule has 0 amide bonds. The molecule has 0 radical (unpaired) electrons. The van der Waals surface area contributed by atoms with Crippen molar-refractivity contribution in [1.29, 1.82) is 0 Å². The lowest BCUT2D eigenvalue weighted by atomic mass is 10.2. The minimum absolute atomic E-state index is 0.146. The number of nitrogens with zero attached hydrogens (tertiary/aromatic N) is 1. The van der Waals surface area contributed by atoms with Crippen LogP contribution in [0.5, 0.6) is 0 Å². The first-order valence-corrected chi connectivity index (χ1v) is 6.52. The van der Waals surface area contributed by atoms with Crippen LogP contribution in [0.15, 0.2) is 47.3 Å². The van der Waals surface area contributed by atoms with Gasteiger partial charge in [0.15, 0.2) is 0 Å². The molecule has 0 saturated heterocycles. The maximum absolute atomic E-state index is 12.0. The highest BCUT2D eigenvalue weighted by Gasteiger charge is 2.08. The molecule has 3 rings (SSSR count). The number of nitrogens with one attached hydrogen (secondary N) is 1. The lowest BCUT2D eigenvalue weighted by molar-refractivity contribution is 0.787. The third kappa shape index (κ3) is 2.27. The van der Waals surface area contributed by atoms with Gasteiger partial charge in [-0.25, -0.2) is 4.79 Å². The summed E-state index contributed by atoms with van der Waals surface area (Å²) >= 11 is 12.0. The van der Waals surface area contributed by atoms with E-state index < -0.39 is 0 Å². The van der Waals surface area contributed by atoms with E-state index in [1.807, 2.05) is 30.3 Å². The number of rotatable bonds is 2. The zero-order valence-corrected chi connectivity index (χ0v) is 11.4. The van der Waals surface area contributed by atoms with Gasteiger partial charge in [0.1, 0.15) is 0 Å². The number of halogens is 2. The number of fused-ring (bicyclic) bond motifs is 1. The van der Waals surface area contributed by atoms with Crippen molar-refractivity contribution in [3.05, 3.63) is 68.6 Å². The van der Waals surface area contributed by atoms with E-state index in [1.54, 1.807) is 16.7 Å². The predicted octanol–water partition coefficient (Wildman–Crippen LogP) is 3.68. The van der Waals surface area contributed by atoms with E-state index in [2.05, 4.69) is 4.98 Å². The Morgan fingerprint density at radius 1 is 1.11 bits per heavy atom. The van der Waals surface area contributed by atoms with Gasteiger partial charge in [0.25, 0.3) is 0 Å². The standard InChI is InChI=1S/C14H10Cl2N2O/c15-10-6-5-9(11(16)7-10)8-18-13-4-2-1-3-12(13)17-14(18)19/h1-7H,8H2,(H,17,19). The second-order valence-electron chi connectivity index (χ2n) is 4.27. The molecular weight excluding hydrogens is 283 g/mol. The number of hydrogen-bond acceptors (Lipinski definition) is 1. The van der Waals surface area contributed by atoms with E-state index in [0.29, 0.717) is 16.6 Å². The van der Waals surface area contributed by atoms with E-state index in [-0.39, 0.29) is 5.69 Å². The monoisotopic (exact) mass is 292 g/mol. The molecule has 3 aromatic rings. The smallest absolute Gasteiger partial charge is 0.306 e. The van der Waals surface area contributed by atoms with Gasteiger partial charge < -0.3 is 4.98 Å². The molecule has 2 aromatic carbocycles. The fourth-order valence-corrected chi connectivity index (χ4v) is 2.55. The number of benzene rings is 2. The van der Waals surface area contributed by atoms with Crippen LogP contribution >= 0.6 is 23.2 Å². The van der Waals surface area contributed by atoms with Gasteiger partial charge in [0, 0.05) is 10.0 Å². The molecule has 0 spiro atoms. The average molecular weight is 293 g/mol. The Hall–Kier alpha value is -1.71. The minimum atomic E-state index is -0.146. The first-order chi connectivity index (χ1) is 9.15. The number of imidazole rings is 1. The number of hydrogen-bond donors (Lipinski definition) is 1. The molecule has 0 fully saturated rings. The number of aromatic amines is 1. The van der Waals surface area contributed by atoms with Gasteiger partial charge in [0.05, 0.1) is 17.6 Å². The zero-order valence-electron chi connectivity index (χ0n) is 9.86. The SMILES string of the molecule is O=c1[nH]c2ccccc2n1Cc1ccc(Cl)cc1Cl. The predicted molar refractivity (Wildman–Crippen MR) is 78.1 cm³/mol. The summed E-state index contributed by atoms with van der Waals surface area (Å²) in [5, 5.41) is 1.14. The maximum Gasteiger partial charge on any atom is 0.326 e. The van der Waals surface area contributed by atoms with E-state index in [1.165, 1.54) is 0 Å². The molecule has 0 unspecified atom stereocenters. The molecule has 1 N–H and O–H groups in total. The highest BCUT2D eigenvalue weighted by atomic mass is 35.5. The highest BCUT2D eigenvalue weighted by Crippen LogP contribution is 2.22. The van der Waals surface area contributed by atoms with Crippen LogP contribution in [0.2, 0.25) is 10.0 Å². The largest absolute Gasteiger partial charge is 0.326 e. The Labute approximate surface area is 119 Å². The summed E-state index contributed by atoms with van der Waals surface area (Å²) in [6.07, 6.45) is 0. The summed E-state index contributed by atoms with van der Waals surface area (Å²) in [4.78, 5) is 14.8. The van der Waals surface area contributed by atoms with Gasteiger partial charge >= 0.3 is 5.69 Å². The normalized spacial score (nSPS) is 11.1. The molecule has 3 nitrogen and oxygen atoms in total. The average Bonchev–Trinajstić information content (AvgIpc) is 2.69. The summed E-state index contributed by atoms with van der Waals surface area (Å²) in [6.45, 7) is 0.416. The van der Waals surface area contributed by atoms with Gasteiger partial charge in [-0.05, 0) is 29.8 Å². The molecule has 0 aliphatic heterocycles. The molecule has 5 heteroatoms. The molecule has 96 valence electrons. The second-order valence-corrected chi connectivity index (χ2v) is 5.11. The molecule has 0 aliphatic carbocycles. The van der Waals surface area contributed by atoms with E-state index in [0.717, 1.165) is 16.6 Å². The minimum Gasteiger partial charge on any atom is -0.306 e. The summed E-state index contributed by atoms with van der Waals surface area (Å²) in [6, 6.07) is 12.8. The molecule has 19 heavy (non-hydrogen) atoms. The zero-order chi connectivity index (χ0) is 13.4. The number of aromatic nitrogens is 2. The quantitative estimate of drug-likeness (QED) is 0.769. The van der Waals surface area contributed by atoms with Crippen molar-refractivity contribution < 1.29 is 0 Å². The van der Waals surface area contributed by atoms with E-state index in [4.69, 9.17) is 23.2 Å². The third-order valence-electron chi connectivity index (χ3n) is 3.03. The molecule has 0 saturated carbocycles. The fraction of sp³-hybridized carbons (Fsp3) is 0.0714. The Morgan fingerprint density at radius 3 is 2.68 bits per heavy atom. The molecule has 1 heterocycles. The number of para-hydroxylation sites is 2. The highest BCUT2D eigenvalue weighted by molar-refractivity contribution is 6.35. The summed E-state index contributed by atoms with van der Waals surface area (Å²) in [7, 11) is 0. The van der Waals surface area contributed by atoms with Crippen LogP contribution in [0.25, 0.3) is 11.0 Å². The van der Waals surface area contributed by atoms with Crippen LogP contribution in [-0.2, 0) is 6.54 Å². The van der Waals surface area contributed by atoms with Crippen molar-refractivity contribution in [2.24, 2.45) is 0 Å². The van der Waals surface area contributed by atoms with Gasteiger partial charge in [-0.1, -0.05) is 41.4 Å². The first kappa shape index (κ1) is 12.3. The molecule has 1 aromatic heterocycles. The molecular formula is C14H10Cl2N2O. The van der Waals surface area contributed by atoms with Gasteiger partial charge in [-0.15, -0.1) is 0 Å². The summed E-state index contributed by atoms with van der Waals surface area (Å²) in [5.74, 6) is 0. The lowest BCUT2D eigenvalue weighted by Crippen LogP contribution is -2.17. The van der Waals surface area contributed by atoms with Crippen molar-refractivity contribution in [1.82, 2.24) is 9.55 Å². The van der Waals surface area contributed by atoms with E-state index in [9.17, 15) is 4.79 Å². The van der Waals surface area contributed by atoms with Crippen molar-refractivity contribution in [3.8, 4) is 0 Å². The van der Waals surface area contributed by atoms with Crippen LogP contribution in [0, 0.1) is 0 Å². The topological polar surface area (TPSA) is 37.8 Å². The van der Waals surface area contributed by atoms with Crippen molar-refractivity contribution in [2.75, 3.05) is 0 Å². The Kier molecular flexibility index (Phi) is 3.09. The van der Waals surface area contributed by atoms with Crippen molar-refractivity contribution in [3.63, 3.8) is 0 Å². The Bertz CT molecular complexity index is 805. The van der Waals surface area contributed by atoms with Crippen LogP contribution in [0.1, 0.15) is 5.56 Å². The van der Waals surface area contributed by atoms with Gasteiger partial charge in [-0.3, -0.25) is 4.57 Å². The van der Waals surface area contributed by atoms with Crippen molar-refractivity contribution in [2.45, 2.75) is 6.54 Å². The molecule has 0 aliphatic rings. The van der Waals surface area contributed by atoms with E-state index >= 15 is 0 Å². The first-order valence-electron chi connectivity index (χ1n) is 5.76. The van der Waals surface area contributed by atoms with Crippen molar-refractivity contribution >= 4 is 34.2 Å². The Balaban J connectivity index is 2.10. The second kappa shape index (κ2) is 4.76. The summed E-state index contributed by atoms with van der Waals surface area (Å²) in [5.41, 5.74) is 2.39.